The van der Waals surface area contributed by atoms with E-state index >= 15 is 0 Å². The maximum atomic E-state index is 12.0. The van der Waals surface area contributed by atoms with Crippen LogP contribution in [0.25, 0.3) is 32.7 Å². The number of nitriles is 1. The van der Waals surface area contributed by atoms with Crippen molar-refractivity contribution < 1.29 is 9.53 Å². The van der Waals surface area contributed by atoms with Gasteiger partial charge in [-0.15, -0.1) is 0 Å². The first kappa shape index (κ1) is 20.6. The average molecular weight is 478 g/mol. The monoisotopic (exact) mass is 477 g/mol. The second-order valence-electron chi connectivity index (χ2n) is 6.72. The van der Waals surface area contributed by atoms with Crippen molar-refractivity contribution in [1.82, 2.24) is 18.9 Å². The summed E-state index contributed by atoms with van der Waals surface area (Å²) in [5, 5.41) is 9.82. The molecule has 3 heterocycles. The number of hydrogen-bond acceptors (Lipinski definition) is 8. The van der Waals surface area contributed by atoms with Crippen LogP contribution in [-0.2, 0) is 4.74 Å². The summed E-state index contributed by atoms with van der Waals surface area (Å²) in [6, 6.07) is 17.1. The number of nitrogens with zero attached hydrogens (tertiary/aromatic N) is 5. The number of rotatable bonds is 5. The molecule has 0 bridgehead atoms. The average Bonchev–Trinajstić information content (AvgIpc) is 3.35. The Balaban J connectivity index is 1.76. The third-order valence-corrected chi connectivity index (χ3v) is 7.01. The topological polar surface area (TPSA) is 85.2 Å². The second kappa shape index (κ2) is 8.35. The summed E-state index contributed by atoms with van der Waals surface area (Å²) in [5.74, 6) is -0.101. The Morgan fingerprint density at radius 2 is 1.97 bits per heavy atom. The molecular formula is C22H15N5O2S3. The van der Waals surface area contributed by atoms with Gasteiger partial charge in [0.05, 0.1) is 35.0 Å². The van der Waals surface area contributed by atoms with Gasteiger partial charge in [0, 0.05) is 5.69 Å². The van der Waals surface area contributed by atoms with Crippen molar-refractivity contribution in [2.24, 2.45) is 0 Å². The van der Waals surface area contributed by atoms with Crippen molar-refractivity contribution in [3.63, 3.8) is 0 Å². The maximum absolute atomic E-state index is 12.0. The fourth-order valence-electron chi connectivity index (χ4n) is 3.51. The molecule has 5 rings (SSSR count). The van der Waals surface area contributed by atoms with Crippen molar-refractivity contribution >= 4 is 68.3 Å². The van der Waals surface area contributed by atoms with Gasteiger partial charge in [-0.1, -0.05) is 35.2 Å². The van der Waals surface area contributed by atoms with Crippen LogP contribution in [-0.4, -0.2) is 37.3 Å². The first-order chi connectivity index (χ1) is 15.6. The minimum atomic E-state index is -0.364. The van der Waals surface area contributed by atoms with Gasteiger partial charge < -0.3 is 4.74 Å². The number of esters is 1. The molecular weight excluding hydrogens is 462 g/mol. The Hall–Kier alpha value is -3.26. The van der Waals surface area contributed by atoms with E-state index in [0.717, 1.165) is 27.1 Å². The smallest absolute Gasteiger partial charge is 0.338 e. The molecule has 10 heteroatoms. The van der Waals surface area contributed by atoms with Crippen molar-refractivity contribution in [3.8, 4) is 11.8 Å². The largest absolute Gasteiger partial charge is 0.462 e. The highest BCUT2D eigenvalue weighted by Gasteiger charge is 2.19. The van der Waals surface area contributed by atoms with Crippen LogP contribution in [0.3, 0.4) is 0 Å². The molecule has 0 N–H and O–H groups in total. The lowest BCUT2D eigenvalue weighted by atomic mass is 10.2. The fourth-order valence-corrected chi connectivity index (χ4v) is 5.52. The van der Waals surface area contributed by atoms with Crippen LogP contribution in [0.2, 0.25) is 0 Å². The molecule has 7 nitrogen and oxygen atoms in total. The van der Waals surface area contributed by atoms with Crippen LogP contribution in [0.5, 0.6) is 0 Å². The number of benzene rings is 2. The van der Waals surface area contributed by atoms with E-state index in [1.54, 1.807) is 19.1 Å². The van der Waals surface area contributed by atoms with Crippen LogP contribution < -0.4 is 0 Å². The normalized spacial score (nSPS) is 11.2. The molecule has 0 spiro atoms. The molecule has 5 aromatic rings. The molecule has 0 atom stereocenters. The van der Waals surface area contributed by atoms with Gasteiger partial charge in [-0.2, -0.15) is 5.26 Å². The number of fused-ring (bicyclic) bond motifs is 5. The number of thiazole rings is 1. The van der Waals surface area contributed by atoms with E-state index in [1.807, 2.05) is 45.4 Å². The summed E-state index contributed by atoms with van der Waals surface area (Å²) in [6.45, 7) is 2.10. The number of ether oxygens (including phenoxy) is 1. The van der Waals surface area contributed by atoms with E-state index in [9.17, 15) is 4.79 Å². The van der Waals surface area contributed by atoms with Crippen LogP contribution in [0, 0.1) is 15.3 Å². The molecule has 3 aromatic heterocycles. The predicted octanol–water partition coefficient (Wildman–Crippen LogP) is 5.41. The molecule has 0 unspecified atom stereocenters. The van der Waals surface area contributed by atoms with E-state index in [1.165, 1.54) is 23.1 Å². The number of aromatic nitrogens is 4. The number of thioether (sulfide) groups is 1. The van der Waals surface area contributed by atoms with Gasteiger partial charge in [-0.3, -0.25) is 8.97 Å². The zero-order valence-electron chi connectivity index (χ0n) is 16.8. The Bertz CT molecular complexity index is 1590. The van der Waals surface area contributed by atoms with Gasteiger partial charge in [-0.25, -0.2) is 14.8 Å². The predicted molar refractivity (Wildman–Crippen MR) is 128 cm³/mol. The molecule has 0 radical (unpaired) electrons. The Labute approximate surface area is 195 Å². The molecule has 0 aliphatic rings. The molecule has 2 aromatic carbocycles. The lowest BCUT2D eigenvalue weighted by molar-refractivity contribution is 0.0526. The van der Waals surface area contributed by atoms with E-state index in [2.05, 4.69) is 6.07 Å². The Morgan fingerprint density at radius 1 is 1.19 bits per heavy atom. The van der Waals surface area contributed by atoms with Gasteiger partial charge >= 0.3 is 5.97 Å². The van der Waals surface area contributed by atoms with E-state index in [4.69, 9.17) is 32.2 Å². The van der Waals surface area contributed by atoms with Crippen molar-refractivity contribution in [2.75, 3.05) is 12.4 Å². The van der Waals surface area contributed by atoms with Crippen LogP contribution in [0.4, 0.5) is 0 Å². The number of imidazole rings is 1. The third-order valence-electron chi connectivity index (χ3n) is 4.85. The van der Waals surface area contributed by atoms with Gasteiger partial charge in [0.2, 0.25) is 0 Å². The summed E-state index contributed by atoms with van der Waals surface area (Å²) in [4.78, 5) is 21.7. The van der Waals surface area contributed by atoms with Gasteiger partial charge in [0.25, 0.3) is 0 Å². The Kier molecular flexibility index (Phi) is 5.38. The minimum Gasteiger partial charge on any atom is -0.462 e. The van der Waals surface area contributed by atoms with Crippen LogP contribution in [0.15, 0.2) is 53.7 Å². The minimum absolute atomic E-state index is 0.263. The van der Waals surface area contributed by atoms with E-state index in [-0.39, 0.29) is 11.7 Å². The molecule has 0 aliphatic carbocycles. The van der Waals surface area contributed by atoms with E-state index in [0.29, 0.717) is 26.9 Å². The first-order valence-electron chi connectivity index (χ1n) is 9.72. The summed E-state index contributed by atoms with van der Waals surface area (Å²) < 4.78 is 10.4. The van der Waals surface area contributed by atoms with Crippen molar-refractivity contribution in [2.45, 2.75) is 12.1 Å². The molecule has 0 aliphatic heterocycles. The van der Waals surface area contributed by atoms with Crippen LogP contribution in [0.1, 0.15) is 17.3 Å². The Morgan fingerprint density at radius 3 is 2.72 bits per heavy atom. The van der Waals surface area contributed by atoms with Crippen molar-refractivity contribution in [1.29, 1.82) is 5.26 Å². The number of carbonyl (C=O) groups is 1. The quantitative estimate of drug-likeness (QED) is 0.145. The summed E-state index contributed by atoms with van der Waals surface area (Å²) in [5.41, 5.74) is 4.48. The van der Waals surface area contributed by atoms with Gasteiger partial charge in [-0.05, 0) is 55.5 Å². The summed E-state index contributed by atoms with van der Waals surface area (Å²) >= 11 is 8.48. The van der Waals surface area contributed by atoms with Gasteiger partial charge in [0.1, 0.15) is 4.70 Å². The highest BCUT2D eigenvalue weighted by atomic mass is 32.2. The third kappa shape index (κ3) is 3.35. The van der Waals surface area contributed by atoms with Gasteiger partial charge in [0.15, 0.2) is 20.4 Å². The molecule has 32 heavy (non-hydrogen) atoms. The summed E-state index contributed by atoms with van der Waals surface area (Å²) in [6.07, 6.45) is 0. The number of para-hydroxylation sites is 2. The second-order valence-corrected chi connectivity index (χ2v) is 9.31. The maximum Gasteiger partial charge on any atom is 0.338 e. The zero-order valence-corrected chi connectivity index (χ0v) is 19.3. The molecule has 0 fully saturated rings. The first-order valence-corrected chi connectivity index (χ1v) is 11.9. The highest BCUT2D eigenvalue weighted by molar-refractivity contribution is 7.99. The lowest BCUT2D eigenvalue weighted by Crippen LogP contribution is -2.05. The number of carbonyl (C=O) groups excluding carboxylic acids is 1. The SMILES string of the molecule is CCOC(=O)c1ccc(-n2c(=S)sc3c2nc(SCC#N)n2c4ccccc4nc32)cc1. The number of hydrogen-bond donors (Lipinski definition) is 0. The molecule has 0 amide bonds. The van der Waals surface area contributed by atoms with Crippen molar-refractivity contribution in [3.05, 3.63) is 58.0 Å². The standard InChI is InChI=1S/C22H15N5O2S3/c1-2-29-20(28)13-7-9-14(10-8-13)26-19-17(32-22(26)30)18-24-15-5-3-4-6-16(15)27(18)21(25-19)31-12-11-23/h3-10H,2,12H2,1H3. The molecule has 0 saturated carbocycles. The highest BCUT2D eigenvalue weighted by Crippen LogP contribution is 2.34. The molecule has 158 valence electrons. The van der Waals surface area contributed by atoms with Crippen LogP contribution >= 0.6 is 35.3 Å². The summed E-state index contributed by atoms with van der Waals surface area (Å²) in [7, 11) is 0. The molecule has 0 saturated heterocycles. The zero-order chi connectivity index (χ0) is 22.2. The fraction of sp³-hybridized carbons (Fsp3) is 0.136. The van der Waals surface area contributed by atoms with E-state index < -0.39 is 0 Å². The lowest BCUT2D eigenvalue weighted by Gasteiger charge is -2.08.